The third-order valence-electron chi connectivity index (χ3n) is 6.43. The Morgan fingerprint density at radius 2 is 1.88 bits per heavy atom. The van der Waals surface area contributed by atoms with E-state index < -0.39 is 16.8 Å². The van der Waals surface area contributed by atoms with Gasteiger partial charge in [0.15, 0.2) is 0 Å². The van der Waals surface area contributed by atoms with Crippen LogP contribution in [0.3, 0.4) is 0 Å². The Hall–Kier alpha value is -1.88. The van der Waals surface area contributed by atoms with Crippen LogP contribution >= 0.6 is 0 Å². The Morgan fingerprint density at radius 1 is 1.17 bits per heavy atom. The maximum absolute atomic E-state index is 13.5. The summed E-state index contributed by atoms with van der Waals surface area (Å²) in [5.74, 6) is -0.609. The van der Waals surface area contributed by atoms with Crippen molar-refractivity contribution in [3.05, 3.63) is 35.9 Å². The smallest absolute Gasteiger partial charge is 0.313 e. The van der Waals surface area contributed by atoms with Crippen LogP contribution < -0.4 is 5.32 Å². The van der Waals surface area contributed by atoms with Gasteiger partial charge in [-0.25, -0.2) is 0 Å². The number of hydrogen-bond acceptors (Lipinski definition) is 3. The second-order valence-corrected chi connectivity index (χ2v) is 7.63. The number of amides is 1. The molecule has 2 saturated heterocycles. The van der Waals surface area contributed by atoms with Gasteiger partial charge in [0.2, 0.25) is 5.91 Å². The van der Waals surface area contributed by atoms with E-state index in [0.29, 0.717) is 26.2 Å². The summed E-state index contributed by atoms with van der Waals surface area (Å²) in [4.78, 5) is 27.2. The first-order valence-electron chi connectivity index (χ1n) is 8.88. The van der Waals surface area contributed by atoms with E-state index >= 15 is 0 Å². The minimum atomic E-state index is -0.799. The number of carbonyl (C=O) groups excluding carboxylic acids is 1. The first-order valence-corrected chi connectivity index (χ1v) is 8.88. The summed E-state index contributed by atoms with van der Waals surface area (Å²) in [7, 11) is 0. The van der Waals surface area contributed by atoms with Gasteiger partial charge in [0.1, 0.15) is 5.41 Å². The average molecular weight is 328 g/mol. The van der Waals surface area contributed by atoms with Crippen molar-refractivity contribution in [2.75, 3.05) is 26.2 Å². The highest BCUT2D eigenvalue weighted by molar-refractivity contribution is 5.90. The molecule has 1 aromatic rings. The van der Waals surface area contributed by atoms with Crippen molar-refractivity contribution in [1.29, 1.82) is 0 Å². The molecule has 0 aromatic heterocycles. The molecule has 2 N–H and O–H groups in total. The summed E-state index contributed by atoms with van der Waals surface area (Å²) in [6, 6.07) is 10.1. The molecular weight excluding hydrogens is 304 g/mol. The zero-order valence-electron chi connectivity index (χ0n) is 13.8. The molecule has 2 aliphatic heterocycles. The van der Waals surface area contributed by atoms with Gasteiger partial charge < -0.3 is 15.3 Å². The highest BCUT2D eigenvalue weighted by Crippen LogP contribution is 2.46. The van der Waals surface area contributed by atoms with Crippen LogP contribution in [0.5, 0.6) is 0 Å². The largest absolute Gasteiger partial charge is 0.481 e. The minimum Gasteiger partial charge on any atom is -0.481 e. The monoisotopic (exact) mass is 328 g/mol. The Bertz CT molecular complexity index is 654. The molecule has 0 spiro atoms. The first-order chi connectivity index (χ1) is 11.6. The van der Waals surface area contributed by atoms with Crippen molar-refractivity contribution in [2.24, 2.45) is 11.3 Å². The van der Waals surface area contributed by atoms with Crippen molar-refractivity contribution in [3.63, 3.8) is 0 Å². The molecule has 0 unspecified atom stereocenters. The van der Waals surface area contributed by atoms with Gasteiger partial charge in [0.25, 0.3) is 0 Å². The van der Waals surface area contributed by atoms with Crippen LogP contribution in [0.4, 0.5) is 0 Å². The number of fused-ring (bicyclic) bond motifs is 1. The SMILES string of the molecule is O=C(N1C[C@H]2CNC[C@@]2(C(=O)O)C1)C1(c2ccccc2)CCCC1. The Morgan fingerprint density at radius 3 is 2.50 bits per heavy atom. The standard InChI is InChI=1S/C19H24N2O3/c22-16(18(8-4-5-9-18)14-6-2-1-3-7-14)21-11-15-10-20-12-19(15,13-21)17(23)24/h1-3,6-7,15,20H,4-5,8-13H2,(H,23,24)/t15-,19-/m1/s1. The molecule has 1 aromatic carbocycles. The van der Waals surface area contributed by atoms with Crippen LogP contribution in [-0.2, 0) is 15.0 Å². The van der Waals surface area contributed by atoms with Gasteiger partial charge in [0, 0.05) is 32.1 Å². The molecule has 3 fully saturated rings. The summed E-state index contributed by atoms with van der Waals surface area (Å²) < 4.78 is 0. The van der Waals surface area contributed by atoms with Crippen LogP contribution in [0.25, 0.3) is 0 Å². The molecule has 0 radical (unpaired) electrons. The van der Waals surface area contributed by atoms with Gasteiger partial charge in [-0.3, -0.25) is 9.59 Å². The van der Waals surface area contributed by atoms with Crippen LogP contribution in [0.2, 0.25) is 0 Å². The number of nitrogens with one attached hydrogen (secondary N) is 1. The van der Waals surface area contributed by atoms with Gasteiger partial charge in [-0.1, -0.05) is 43.2 Å². The van der Waals surface area contributed by atoms with Crippen molar-refractivity contribution >= 4 is 11.9 Å². The third kappa shape index (κ3) is 2.10. The lowest BCUT2D eigenvalue weighted by atomic mass is 9.77. The Labute approximate surface area is 142 Å². The molecule has 1 amide bonds. The summed E-state index contributed by atoms with van der Waals surface area (Å²) >= 11 is 0. The second-order valence-electron chi connectivity index (χ2n) is 7.63. The lowest BCUT2D eigenvalue weighted by molar-refractivity contribution is -0.149. The van der Waals surface area contributed by atoms with E-state index in [9.17, 15) is 14.7 Å². The zero-order valence-corrected chi connectivity index (χ0v) is 13.8. The molecule has 1 saturated carbocycles. The van der Waals surface area contributed by atoms with Gasteiger partial charge in [-0.2, -0.15) is 0 Å². The molecule has 2 atom stereocenters. The van der Waals surface area contributed by atoms with Crippen LogP contribution in [0.15, 0.2) is 30.3 Å². The number of hydrogen-bond donors (Lipinski definition) is 2. The summed E-state index contributed by atoms with van der Waals surface area (Å²) in [6.45, 7) is 2.06. The van der Waals surface area contributed by atoms with Crippen LogP contribution in [0.1, 0.15) is 31.2 Å². The number of carbonyl (C=O) groups is 2. The minimum absolute atomic E-state index is 0.0215. The predicted molar refractivity (Wildman–Crippen MR) is 89.6 cm³/mol. The number of likely N-dealkylation sites (tertiary alicyclic amines) is 1. The molecule has 4 rings (SSSR count). The Kier molecular flexibility index (Phi) is 3.64. The molecule has 1 aliphatic carbocycles. The molecule has 128 valence electrons. The number of carboxylic acid groups (broad SMARTS) is 1. The topological polar surface area (TPSA) is 69.6 Å². The molecule has 0 bridgehead atoms. The molecular formula is C19H24N2O3. The predicted octanol–water partition coefficient (Wildman–Crippen LogP) is 1.63. The quantitative estimate of drug-likeness (QED) is 0.885. The maximum atomic E-state index is 13.5. The first kappa shape index (κ1) is 15.6. The van der Waals surface area contributed by atoms with E-state index in [1.54, 1.807) is 0 Å². The molecule has 2 heterocycles. The normalized spacial score (nSPS) is 31.2. The average Bonchev–Trinajstić information content (AvgIpc) is 3.29. The van der Waals surface area contributed by atoms with E-state index in [1.807, 2.05) is 23.1 Å². The molecule has 5 nitrogen and oxygen atoms in total. The third-order valence-corrected chi connectivity index (χ3v) is 6.43. The zero-order chi connectivity index (χ0) is 16.8. The van der Waals surface area contributed by atoms with E-state index in [-0.39, 0.29) is 11.8 Å². The number of benzene rings is 1. The summed E-state index contributed by atoms with van der Waals surface area (Å²) in [5, 5.41) is 12.9. The summed E-state index contributed by atoms with van der Waals surface area (Å²) in [6.07, 6.45) is 3.86. The number of rotatable bonds is 3. The fraction of sp³-hybridized carbons (Fsp3) is 0.579. The van der Waals surface area contributed by atoms with Crippen molar-refractivity contribution in [1.82, 2.24) is 10.2 Å². The lowest BCUT2D eigenvalue weighted by Gasteiger charge is -2.33. The van der Waals surface area contributed by atoms with Gasteiger partial charge in [0.05, 0.1) is 5.41 Å². The van der Waals surface area contributed by atoms with Gasteiger partial charge in [-0.05, 0) is 18.4 Å². The van der Waals surface area contributed by atoms with Gasteiger partial charge in [-0.15, -0.1) is 0 Å². The van der Waals surface area contributed by atoms with E-state index in [2.05, 4.69) is 17.4 Å². The number of carboxylic acids is 1. The van der Waals surface area contributed by atoms with E-state index in [1.165, 1.54) is 0 Å². The summed E-state index contributed by atoms with van der Waals surface area (Å²) in [5.41, 5.74) is -0.161. The van der Waals surface area contributed by atoms with Crippen molar-refractivity contribution in [2.45, 2.75) is 31.1 Å². The van der Waals surface area contributed by atoms with Crippen LogP contribution in [0, 0.1) is 11.3 Å². The van der Waals surface area contributed by atoms with Gasteiger partial charge >= 0.3 is 5.97 Å². The molecule has 24 heavy (non-hydrogen) atoms. The van der Waals surface area contributed by atoms with Crippen LogP contribution in [-0.4, -0.2) is 48.1 Å². The Balaban J connectivity index is 1.65. The lowest BCUT2D eigenvalue weighted by Crippen LogP contribution is -2.47. The maximum Gasteiger partial charge on any atom is 0.313 e. The van der Waals surface area contributed by atoms with E-state index in [4.69, 9.17) is 0 Å². The van der Waals surface area contributed by atoms with E-state index in [0.717, 1.165) is 31.2 Å². The van der Waals surface area contributed by atoms with Crippen molar-refractivity contribution < 1.29 is 14.7 Å². The fourth-order valence-corrected chi connectivity index (χ4v) is 5.04. The fourth-order valence-electron chi connectivity index (χ4n) is 5.04. The number of aliphatic carboxylic acids is 1. The second kappa shape index (κ2) is 5.59. The molecule has 5 heteroatoms. The van der Waals surface area contributed by atoms with Crippen molar-refractivity contribution in [3.8, 4) is 0 Å². The number of nitrogens with zero attached hydrogens (tertiary/aromatic N) is 1. The highest BCUT2D eigenvalue weighted by atomic mass is 16.4. The highest BCUT2D eigenvalue weighted by Gasteiger charge is 2.58. The molecule has 3 aliphatic rings.